The van der Waals surface area contributed by atoms with Crippen LogP contribution in [0.2, 0.25) is 0 Å². The number of aromatic nitrogens is 2. The van der Waals surface area contributed by atoms with Crippen molar-refractivity contribution in [1.82, 2.24) is 20.0 Å². The van der Waals surface area contributed by atoms with Gasteiger partial charge in [0.2, 0.25) is 0 Å². The normalized spacial score (nSPS) is 21.5. The molecule has 2 atom stereocenters. The molecular formula is C16H25F3N4O. The van der Waals surface area contributed by atoms with Crippen LogP contribution in [0.3, 0.4) is 0 Å². The number of nitrogens with zero attached hydrogens (tertiary/aromatic N) is 3. The standard InChI is InChI=1S/C16H25F3N4O/c1-3-7-23(11-12-9-20-22(2)10-12)15(24)21-14-6-4-5-13(8-14)16(17,18)19/h9-10,13-14H,3-8,11H2,1-2H3,(H,21,24)/t13-,14-/m0/s1. The van der Waals surface area contributed by atoms with Crippen LogP contribution in [0.1, 0.15) is 44.6 Å². The molecule has 1 heterocycles. The molecule has 1 fully saturated rings. The molecule has 1 aliphatic rings. The number of hydrogen-bond donors (Lipinski definition) is 1. The first-order chi connectivity index (χ1) is 11.3. The summed E-state index contributed by atoms with van der Waals surface area (Å²) in [7, 11) is 1.80. The van der Waals surface area contributed by atoms with E-state index in [0.29, 0.717) is 25.9 Å². The van der Waals surface area contributed by atoms with Crippen molar-refractivity contribution in [3.63, 3.8) is 0 Å². The Morgan fingerprint density at radius 3 is 2.79 bits per heavy atom. The van der Waals surface area contributed by atoms with Crippen LogP contribution in [0, 0.1) is 5.92 Å². The van der Waals surface area contributed by atoms with E-state index in [1.165, 1.54) is 0 Å². The van der Waals surface area contributed by atoms with Crippen LogP contribution in [0.25, 0.3) is 0 Å². The van der Waals surface area contributed by atoms with Crippen molar-refractivity contribution in [2.75, 3.05) is 6.54 Å². The van der Waals surface area contributed by atoms with Crippen molar-refractivity contribution >= 4 is 6.03 Å². The molecule has 0 saturated heterocycles. The lowest BCUT2D eigenvalue weighted by Gasteiger charge is -2.32. The quantitative estimate of drug-likeness (QED) is 0.888. The maximum Gasteiger partial charge on any atom is 0.391 e. The van der Waals surface area contributed by atoms with Crippen LogP contribution < -0.4 is 5.32 Å². The molecule has 1 aromatic rings. The minimum atomic E-state index is -4.18. The highest BCUT2D eigenvalue weighted by atomic mass is 19.4. The van der Waals surface area contributed by atoms with Gasteiger partial charge in [-0.2, -0.15) is 18.3 Å². The molecule has 0 aliphatic heterocycles. The van der Waals surface area contributed by atoms with E-state index in [0.717, 1.165) is 12.0 Å². The fourth-order valence-corrected chi connectivity index (χ4v) is 3.18. The van der Waals surface area contributed by atoms with Gasteiger partial charge in [-0.05, 0) is 25.7 Å². The molecule has 5 nitrogen and oxygen atoms in total. The lowest BCUT2D eigenvalue weighted by molar-refractivity contribution is -0.183. The third-order valence-electron chi connectivity index (χ3n) is 4.38. The van der Waals surface area contributed by atoms with Crippen molar-refractivity contribution in [3.8, 4) is 0 Å². The zero-order valence-corrected chi connectivity index (χ0v) is 14.1. The van der Waals surface area contributed by atoms with Gasteiger partial charge in [-0.25, -0.2) is 4.79 Å². The average Bonchev–Trinajstić information content (AvgIpc) is 2.91. The van der Waals surface area contributed by atoms with Crippen molar-refractivity contribution in [2.24, 2.45) is 13.0 Å². The van der Waals surface area contributed by atoms with Crippen LogP contribution in [-0.4, -0.2) is 39.5 Å². The SMILES string of the molecule is CCCN(Cc1cnn(C)c1)C(=O)N[C@H]1CCC[C@H](C(F)(F)F)C1. The molecule has 0 spiro atoms. The fraction of sp³-hybridized carbons (Fsp3) is 0.750. The number of hydrogen-bond acceptors (Lipinski definition) is 2. The van der Waals surface area contributed by atoms with Crippen molar-refractivity contribution in [3.05, 3.63) is 18.0 Å². The van der Waals surface area contributed by atoms with E-state index < -0.39 is 18.1 Å². The molecule has 8 heteroatoms. The minimum absolute atomic E-state index is 0.0257. The maximum atomic E-state index is 12.9. The van der Waals surface area contributed by atoms with Crippen LogP contribution in [0.5, 0.6) is 0 Å². The number of halogens is 3. The number of carbonyl (C=O) groups excluding carboxylic acids is 1. The first-order valence-corrected chi connectivity index (χ1v) is 8.39. The highest BCUT2D eigenvalue weighted by Gasteiger charge is 2.42. The van der Waals surface area contributed by atoms with E-state index in [1.54, 1.807) is 22.8 Å². The van der Waals surface area contributed by atoms with Gasteiger partial charge in [-0.3, -0.25) is 4.68 Å². The second-order valence-electron chi connectivity index (χ2n) is 6.50. The molecule has 0 unspecified atom stereocenters. The molecule has 136 valence electrons. The van der Waals surface area contributed by atoms with Gasteiger partial charge < -0.3 is 10.2 Å². The van der Waals surface area contributed by atoms with Crippen molar-refractivity contribution < 1.29 is 18.0 Å². The maximum absolute atomic E-state index is 12.9. The van der Waals surface area contributed by atoms with Gasteiger partial charge in [0.05, 0.1) is 18.7 Å². The Morgan fingerprint density at radius 2 is 2.21 bits per heavy atom. The summed E-state index contributed by atoms with van der Waals surface area (Å²) in [5, 5.41) is 6.87. The first-order valence-electron chi connectivity index (χ1n) is 8.39. The summed E-state index contributed by atoms with van der Waals surface area (Å²) in [4.78, 5) is 14.1. The van der Waals surface area contributed by atoms with E-state index in [9.17, 15) is 18.0 Å². The van der Waals surface area contributed by atoms with Crippen LogP contribution in [0.15, 0.2) is 12.4 Å². The third-order valence-corrected chi connectivity index (χ3v) is 4.38. The summed E-state index contributed by atoms with van der Waals surface area (Å²) in [6, 6.07) is -0.709. The summed E-state index contributed by atoms with van der Waals surface area (Å²) >= 11 is 0. The van der Waals surface area contributed by atoms with E-state index in [4.69, 9.17) is 0 Å². The lowest BCUT2D eigenvalue weighted by atomic mass is 9.85. The molecule has 0 bridgehead atoms. The van der Waals surface area contributed by atoms with Gasteiger partial charge in [0.15, 0.2) is 0 Å². The monoisotopic (exact) mass is 346 g/mol. The molecular weight excluding hydrogens is 321 g/mol. The molecule has 1 aliphatic carbocycles. The number of nitrogens with one attached hydrogen (secondary N) is 1. The third kappa shape index (κ3) is 5.14. The first kappa shape index (κ1) is 18.6. The summed E-state index contributed by atoms with van der Waals surface area (Å²) in [5.74, 6) is -1.31. The molecule has 1 saturated carbocycles. The predicted molar refractivity (Wildman–Crippen MR) is 84.2 cm³/mol. The highest BCUT2D eigenvalue weighted by molar-refractivity contribution is 5.74. The largest absolute Gasteiger partial charge is 0.391 e. The van der Waals surface area contributed by atoms with Crippen LogP contribution in [0.4, 0.5) is 18.0 Å². The van der Waals surface area contributed by atoms with Crippen LogP contribution >= 0.6 is 0 Å². The lowest BCUT2D eigenvalue weighted by Crippen LogP contribution is -2.47. The zero-order chi connectivity index (χ0) is 17.7. The Hall–Kier alpha value is -1.73. The Morgan fingerprint density at radius 1 is 1.46 bits per heavy atom. The number of aryl methyl sites for hydroxylation is 1. The van der Waals surface area contributed by atoms with Crippen LogP contribution in [-0.2, 0) is 13.6 Å². The molecule has 1 N–H and O–H groups in total. The topological polar surface area (TPSA) is 50.2 Å². The molecule has 2 rings (SSSR count). The highest BCUT2D eigenvalue weighted by Crippen LogP contribution is 2.37. The number of rotatable bonds is 5. The zero-order valence-electron chi connectivity index (χ0n) is 14.1. The summed E-state index contributed by atoms with van der Waals surface area (Å²) < 4.78 is 40.3. The number of carbonyl (C=O) groups is 1. The molecule has 0 radical (unpaired) electrons. The Balaban J connectivity index is 1.94. The minimum Gasteiger partial charge on any atom is -0.335 e. The Bertz CT molecular complexity index is 544. The van der Waals surface area contributed by atoms with Gasteiger partial charge in [0.25, 0.3) is 0 Å². The van der Waals surface area contributed by atoms with E-state index in [2.05, 4.69) is 10.4 Å². The van der Waals surface area contributed by atoms with E-state index in [1.807, 2.05) is 13.1 Å². The fourth-order valence-electron chi connectivity index (χ4n) is 3.18. The number of urea groups is 1. The average molecular weight is 346 g/mol. The molecule has 24 heavy (non-hydrogen) atoms. The van der Waals surface area contributed by atoms with Crippen molar-refractivity contribution in [2.45, 2.75) is 57.8 Å². The summed E-state index contributed by atoms with van der Waals surface area (Å²) in [6.45, 7) is 2.92. The number of amides is 2. The van der Waals surface area contributed by atoms with Crippen molar-refractivity contribution in [1.29, 1.82) is 0 Å². The van der Waals surface area contributed by atoms with Gasteiger partial charge in [0.1, 0.15) is 0 Å². The molecule has 1 aromatic heterocycles. The summed E-state index contributed by atoms with van der Waals surface area (Å²) in [6.07, 6.45) is 1.35. The molecule has 0 aromatic carbocycles. The second-order valence-corrected chi connectivity index (χ2v) is 6.50. The predicted octanol–water partition coefficient (Wildman–Crippen LogP) is 3.46. The van der Waals surface area contributed by atoms with Gasteiger partial charge in [-0.15, -0.1) is 0 Å². The van der Waals surface area contributed by atoms with E-state index in [-0.39, 0.29) is 18.9 Å². The smallest absolute Gasteiger partial charge is 0.335 e. The Labute approximate surface area is 140 Å². The number of alkyl halides is 3. The summed E-state index contributed by atoms with van der Waals surface area (Å²) in [5.41, 5.74) is 0.901. The van der Waals surface area contributed by atoms with Gasteiger partial charge in [0, 0.05) is 31.4 Å². The molecule has 2 amide bonds. The van der Waals surface area contributed by atoms with Gasteiger partial charge in [-0.1, -0.05) is 13.3 Å². The van der Waals surface area contributed by atoms with Gasteiger partial charge >= 0.3 is 12.2 Å². The Kier molecular flexibility index (Phi) is 6.12. The van der Waals surface area contributed by atoms with E-state index >= 15 is 0 Å². The second kappa shape index (κ2) is 7.90.